The van der Waals surface area contributed by atoms with Crippen molar-refractivity contribution in [3.63, 3.8) is 0 Å². The lowest BCUT2D eigenvalue weighted by molar-refractivity contribution is -0.139. The maximum Gasteiger partial charge on any atom is 0.321 e. The number of anilines is 1. The molecule has 3 rings (SSSR count). The van der Waals surface area contributed by atoms with E-state index in [1.165, 1.54) is 38.2 Å². The van der Waals surface area contributed by atoms with Crippen LogP contribution in [0.25, 0.3) is 10.8 Å². The SMILES string of the molecule is CC[C@H](NS(=O)(=O)c1cccc2c(N(C)C)cccc12)C(=O)O.NC1CCCCC1. The van der Waals surface area contributed by atoms with E-state index >= 15 is 0 Å². The first-order valence-electron chi connectivity index (χ1n) is 10.4. The van der Waals surface area contributed by atoms with E-state index in [9.17, 15) is 13.2 Å². The molecule has 1 atom stereocenters. The zero-order valence-electron chi connectivity index (χ0n) is 18.0. The third kappa shape index (κ3) is 6.17. The van der Waals surface area contributed by atoms with Crippen LogP contribution < -0.4 is 15.4 Å². The van der Waals surface area contributed by atoms with Gasteiger partial charge in [0.05, 0.1) is 4.90 Å². The molecule has 2 aromatic carbocycles. The Kier molecular flexibility index (Phi) is 8.64. The van der Waals surface area contributed by atoms with Crippen molar-refractivity contribution in [2.75, 3.05) is 19.0 Å². The third-order valence-electron chi connectivity index (χ3n) is 5.28. The van der Waals surface area contributed by atoms with Crippen LogP contribution in [0.15, 0.2) is 41.3 Å². The first-order valence-corrected chi connectivity index (χ1v) is 11.9. The lowest BCUT2D eigenvalue weighted by Gasteiger charge is -2.18. The van der Waals surface area contributed by atoms with Gasteiger partial charge in [0.2, 0.25) is 10.0 Å². The Bertz CT molecular complexity index is 954. The normalized spacial score (nSPS) is 15.9. The summed E-state index contributed by atoms with van der Waals surface area (Å²) in [7, 11) is -0.174. The molecule has 1 aliphatic rings. The van der Waals surface area contributed by atoms with E-state index in [4.69, 9.17) is 10.8 Å². The number of nitrogens with one attached hydrogen (secondary N) is 1. The van der Waals surface area contributed by atoms with Crippen molar-refractivity contribution < 1.29 is 18.3 Å². The number of hydrogen-bond acceptors (Lipinski definition) is 5. The predicted molar refractivity (Wildman–Crippen MR) is 121 cm³/mol. The van der Waals surface area contributed by atoms with Gasteiger partial charge in [-0.05, 0) is 31.4 Å². The average molecular weight is 436 g/mol. The van der Waals surface area contributed by atoms with E-state index in [0.29, 0.717) is 11.4 Å². The molecule has 8 heteroatoms. The molecule has 0 saturated heterocycles. The monoisotopic (exact) mass is 435 g/mol. The Morgan fingerprint density at radius 3 is 2.23 bits per heavy atom. The Labute approximate surface area is 179 Å². The van der Waals surface area contributed by atoms with E-state index < -0.39 is 22.0 Å². The van der Waals surface area contributed by atoms with E-state index in [0.717, 1.165) is 11.1 Å². The fourth-order valence-electron chi connectivity index (χ4n) is 3.58. The lowest BCUT2D eigenvalue weighted by Crippen LogP contribution is -2.40. The molecule has 0 unspecified atom stereocenters. The highest BCUT2D eigenvalue weighted by Gasteiger charge is 2.25. The molecule has 0 aromatic heterocycles. The van der Waals surface area contributed by atoms with Crippen molar-refractivity contribution in [1.82, 2.24) is 4.72 Å². The van der Waals surface area contributed by atoms with Crippen molar-refractivity contribution in [2.45, 2.75) is 62.4 Å². The Morgan fingerprint density at radius 1 is 1.13 bits per heavy atom. The maximum atomic E-state index is 12.6. The Balaban J connectivity index is 0.000000386. The summed E-state index contributed by atoms with van der Waals surface area (Å²) < 4.78 is 27.5. The molecule has 0 spiro atoms. The predicted octanol–water partition coefficient (Wildman–Crippen LogP) is 3.33. The number of nitrogens with zero attached hydrogens (tertiary/aromatic N) is 1. The molecule has 0 radical (unpaired) electrons. The lowest BCUT2D eigenvalue weighted by atomic mass is 9.97. The molecule has 166 valence electrons. The van der Waals surface area contributed by atoms with Crippen LogP contribution in [-0.2, 0) is 14.8 Å². The van der Waals surface area contributed by atoms with Crippen LogP contribution in [0.1, 0.15) is 45.4 Å². The molecule has 1 aliphatic carbocycles. The highest BCUT2D eigenvalue weighted by atomic mass is 32.2. The van der Waals surface area contributed by atoms with Crippen LogP contribution in [-0.4, -0.2) is 45.7 Å². The highest BCUT2D eigenvalue weighted by molar-refractivity contribution is 7.89. The van der Waals surface area contributed by atoms with E-state index in [1.54, 1.807) is 25.1 Å². The number of hydrogen-bond donors (Lipinski definition) is 3. The summed E-state index contributed by atoms with van der Waals surface area (Å²) >= 11 is 0. The van der Waals surface area contributed by atoms with Crippen LogP contribution in [0.3, 0.4) is 0 Å². The van der Waals surface area contributed by atoms with E-state index in [2.05, 4.69) is 4.72 Å². The molecule has 1 saturated carbocycles. The van der Waals surface area contributed by atoms with Crippen molar-refractivity contribution in [3.05, 3.63) is 36.4 Å². The first-order chi connectivity index (χ1) is 14.2. The van der Waals surface area contributed by atoms with Crippen LogP contribution in [0.4, 0.5) is 5.69 Å². The van der Waals surface area contributed by atoms with Crippen LogP contribution >= 0.6 is 0 Å². The van der Waals surface area contributed by atoms with Crippen LogP contribution in [0, 0.1) is 0 Å². The van der Waals surface area contributed by atoms with Gasteiger partial charge in [-0.25, -0.2) is 8.42 Å². The van der Waals surface area contributed by atoms with Crippen LogP contribution in [0.5, 0.6) is 0 Å². The summed E-state index contributed by atoms with van der Waals surface area (Å²) in [6.07, 6.45) is 6.83. The first kappa shape index (κ1) is 24.1. The molecule has 0 heterocycles. The molecular weight excluding hydrogens is 402 g/mol. The minimum atomic E-state index is -3.94. The van der Waals surface area contributed by atoms with Gasteiger partial charge < -0.3 is 15.7 Å². The molecule has 30 heavy (non-hydrogen) atoms. The zero-order valence-corrected chi connectivity index (χ0v) is 18.8. The fraction of sp³-hybridized carbons (Fsp3) is 0.500. The average Bonchev–Trinajstić information content (AvgIpc) is 2.71. The Hall–Kier alpha value is -2.16. The number of rotatable bonds is 6. The molecule has 1 fully saturated rings. The van der Waals surface area contributed by atoms with Gasteiger partial charge in [-0.1, -0.05) is 50.5 Å². The minimum absolute atomic E-state index is 0.0819. The second-order valence-electron chi connectivity index (χ2n) is 7.84. The Morgan fingerprint density at radius 2 is 1.73 bits per heavy atom. The molecule has 0 aliphatic heterocycles. The van der Waals surface area contributed by atoms with Crippen LogP contribution in [0.2, 0.25) is 0 Å². The van der Waals surface area contributed by atoms with Gasteiger partial charge in [0.25, 0.3) is 0 Å². The largest absolute Gasteiger partial charge is 0.480 e. The highest BCUT2D eigenvalue weighted by Crippen LogP contribution is 2.30. The van der Waals surface area contributed by atoms with E-state index in [-0.39, 0.29) is 11.3 Å². The maximum absolute atomic E-state index is 12.6. The second kappa shape index (κ2) is 10.7. The number of sulfonamides is 1. The van der Waals surface area contributed by atoms with Crippen molar-refractivity contribution >= 4 is 32.5 Å². The molecular formula is C22H33N3O4S. The molecule has 0 amide bonds. The number of carbonyl (C=O) groups is 1. The molecule has 2 aromatic rings. The molecule has 4 N–H and O–H groups in total. The van der Waals surface area contributed by atoms with Gasteiger partial charge in [0.15, 0.2) is 0 Å². The van der Waals surface area contributed by atoms with Gasteiger partial charge in [-0.3, -0.25) is 4.79 Å². The third-order valence-corrected chi connectivity index (χ3v) is 6.81. The quantitative estimate of drug-likeness (QED) is 0.641. The van der Waals surface area contributed by atoms with Gasteiger partial charge in [-0.2, -0.15) is 4.72 Å². The second-order valence-corrected chi connectivity index (χ2v) is 9.52. The zero-order chi connectivity index (χ0) is 22.3. The fourth-order valence-corrected chi connectivity index (χ4v) is 5.08. The van der Waals surface area contributed by atoms with Crippen molar-refractivity contribution in [1.29, 1.82) is 0 Å². The minimum Gasteiger partial charge on any atom is -0.480 e. The molecule has 7 nitrogen and oxygen atoms in total. The standard InChI is InChI=1S/C16H20N2O4S.C6H13N/c1-4-13(16(19)20)17-23(21,22)15-10-6-7-11-12(15)8-5-9-14(11)18(2)3;7-6-4-2-1-3-5-6/h5-10,13,17H,4H2,1-3H3,(H,19,20);6H,1-5,7H2/t13-;/m0./s1. The van der Waals surface area contributed by atoms with Gasteiger partial charge in [-0.15, -0.1) is 0 Å². The summed E-state index contributed by atoms with van der Waals surface area (Å²) in [5.74, 6) is -1.19. The van der Waals surface area contributed by atoms with Crippen molar-refractivity contribution in [3.8, 4) is 0 Å². The number of nitrogens with two attached hydrogens (primary N) is 1. The van der Waals surface area contributed by atoms with Gasteiger partial charge in [0.1, 0.15) is 6.04 Å². The number of benzene rings is 2. The van der Waals surface area contributed by atoms with Gasteiger partial charge >= 0.3 is 5.97 Å². The van der Waals surface area contributed by atoms with E-state index in [1.807, 2.05) is 31.1 Å². The topological polar surface area (TPSA) is 113 Å². The number of carboxylic acid groups (broad SMARTS) is 1. The smallest absolute Gasteiger partial charge is 0.321 e. The summed E-state index contributed by atoms with van der Waals surface area (Å²) in [5, 5.41) is 10.4. The summed E-state index contributed by atoms with van der Waals surface area (Å²) in [4.78, 5) is 13.1. The summed E-state index contributed by atoms with van der Waals surface area (Å²) in [5.41, 5.74) is 6.53. The van der Waals surface area contributed by atoms with Gasteiger partial charge in [0, 0.05) is 36.6 Å². The number of fused-ring (bicyclic) bond motifs is 1. The summed E-state index contributed by atoms with van der Waals surface area (Å²) in [6.45, 7) is 1.62. The number of aliphatic carboxylic acids is 1. The number of carboxylic acids is 1. The summed E-state index contributed by atoms with van der Waals surface area (Å²) in [6, 6.07) is 9.78. The van der Waals surface area contributed by atoms with Crippen molar-refractivity contribution in [2.24, 2.45) is 5.73 Å². The molecule has 0 bridgehead atoms.